The molecule has 0 saturated carbocycles. The summed E-state index contributed by atoms with van der Waals surface area (Å²) >= 11 is 0. The average molecular weight is 917 g/mol. The Balaban J connectivity index is 4.40. The van der Waals surface area contributed by atoms with E-state index in [0.717, 1.165) is 128 Å². The monoisotopic (exact) mass is 917 g/mol. The third-order valence-corrected chi connectivity index (χ3v) is 11.3. The highest BCUT2D eigenvalue weighted by Gasteiger charge is 2.19. The number of hydrogen-bond acceptors (Lipinski definition) is 6. The second-order valence-corrected chi connectivity index (χ2v) is 17.7. The molecule has 0 rings (SSSR count). The highest BCUT2D eigenvalue weighted by Crippen LogP contribution is 2.13. The third kappa shape index (κ3) is 51.3. The number of rotatable bonds is 48. The fourth-order valence-electron chi connectivity index (χ4n) is 7.20. The zero-order valence-electron chi connectivity index (χ0n) is 42.9. The highest BCUT2D eigenvalue weighted by molar-refractivity contribution is 5.71. The second-order valence-electron chi connectivity index (χ2n) is 17.7. The first-order valence-corrected chi connectivity index (χ1v) is 27.2. The van der Waals surface area contributed by atoms with Gasteiger partial charge in [0, 0.05) is 19.3 Å². The third-order valence-electron chi connectivity index (χ3n) is 11.3. The normalized spacial score (nSPS) is 12.8. The number of carbonyl (C=O) groups is 3. The summed E-state index contributed by atoms with van der Waals surface area (Å²) in [5, 5.41) is 0. The molecule has 0 heterocycles. The van der Waals surface area contributed by atoms with Gasteiger partial charge in [0.25, 0.3) is 0 Å². The zero-order chi connectivity index (χ0) is 47.9. The number of hydrogen-bond donors (Lipinski definition) is 0. The van der Waals surface area contributed by atoms with Gasteiger partial charge in [-0.05, 0) is 122 Å². The Morgan fingerprint density at radius 3 is 0.970 bits per heavy atom. The standard InChI is InChI=1S/C60H100O6/c1-4-7-10-13-16-19-22-25-26-27-28-29-30-31-32-33-34-36-38-41-44-47-50-53-59(62)65-56-57(55-64-58(61)52-49-46-43-40-37-24-21-18-15-12-9-6-3)66-60(63)54-51-48-45-42-39-35-23-20-17-14-11-8-5-2/h7,10,16,18-21,23,25-26,28-29,31-32,34,36,57H,4-6,8-9,11-15,17,22,24,27,30,33,35,37-56H2,1-3H3/b10-7-,19-16-,21-18-,23-20-,26-25-,29-28-,32-31-,36-34-. The second kappa shape index (κ2) is 53.9. The summed E-state index contributed by atoms with van der Waals surface area (Å²) in [6, 6.07) is 0. The van der Waals surface area contributed by atoms with E-state index >= 15 is 0 Å². The summed E-state index contributed by atoms with van der Waals surface area (Å²) in [7, 11) is 0. The molecule has 0 fully saturated rings. The van der Waals surface area contributed by atoms with E-state index in [-0.39, 0.29) is 31.1 Å². The smallest absolute Gasteiger partial charge is 0.306 e. The van der Waals surface area contributed by atoms with E-state index in [1.807, 2.05) is 0 Å². The van der Waals surface area contributed by atoms with Crippen LogP contribution in [0.4, 0.5) is 0 Å². The molecule has 0 bridgehead atoms. The van der Waals surface area contributed by atoms with Crippen molar-refractivity contribution in [1.82, 2.24) is 0 Å². The van der Waals surface area contributed by atoms with Crippen LogP contribution >= 0.6 is 0 Å². The molecule has 0 N–H and O–H groups in total. The van der Waals surface area contributed by atoms with E-state index in [9.17, 15) is 14.4 Å². The molecule has 1 unspecified atom stereocenters. The number of ether oxygens (including phenoxy) is 3. The van der Waals surface area contributed by atoms with Crippen molar-refractivity contribution in [3.63, 3.8) is 0 Å². The van der Waals surface area contributed by atoms with Crippen molar-refractivity contribution < 1.29 is 28.6 Å². The van der Waals surface area contributed by atoms with Gasteiger partial charge < -0.3 is 14.2 Å². The zero-order valence-corrected chi connectivity index (χ0v) is 42.9. The molecule has 0 aromatic carbocycles. The van der Waals surface area contributed by atoms with E-state index in [1.54, 1.807) is 0 Å². The molecular weight excluding hydrogens is 817 g/mol. The van der Waals surface area contributed by atoms with E-state index in [0.29, 0.717) is 19.3 Å². The summed E-state index contributed by atoms with van der Waals surface area (Å²) in [5.41, 5.74) is 0. The molecule has 6 nitrogen and oxygen atoms in total. The predicted octanol–water partition coefficient (Wildman–Crippen LogP) is 18.1. The molecule has 0 spiro atoms. The van der Waals surface area contributed by atoms with Gasteiger partial charge in [-0.2, -0.15) is 0 Å². The molecule has 0 amide bonds. The molecular formula is C60H100O6. The molecule has 376 valence electrons. The van der Waals surface area contributed by atoms with Crippen LogP contribution in [0.1, 0.15) is 245 Å². The van der Waals surface area contributed by atoms with Crippen LogP contribution in [0, 0.1) is 0 Å². The van der Waals surface area contributed by atoms with Gasteiger partial charge in [0.05, 0.1) is 0 Å². The van der Waals surface area contributed by atoms with Crippen molar-refractivity contribution in [3.8, 4) is 0 Å². The molecule has 0 aliphatic rings. The maximum Gasteiger partial charge on any atom is 0.306 e. The Bertz CT molecular complexity index is 1330. The maximum absolute atomic E-state index is 12.8. The van der Waals surface area contributed by atoms with Gasteiger partial charge in [0.1, 0.15) is 13.2 Å². The summed E-state index contributed by atoms with van der Waals surface area (Å²) in [4.78, 5) is 38.0. The molecule has 0 radical (unpaired) electrons. The Labute approximate surface area is 407 Å². The fraction of sp³-hybridized carbons (Fsp3) is 0.683. The minimum absolute atomic E-state index is 0.0941. The van der Waals surface area contributed by atoms with Crippen molar-refractivity contribution in [2.24, 2.45) is 0 Å². The molecule has 66 heavy (non-hydrogen) atoms. The van der Waals surface area contributed by atoms with Crippen LogP contribution in [-0.4, -0.2) is 37.2 Å². The van der Waals surface area contributed by atoms with Gasteiger partial charge in [-0.3, -0.25) is 14.4 Å². The lowest BCUT2D eigenvalue weighted by atomic mass is 10.1. The lowest BCUT2D eigenvalue weighted by Crippen LogP contribution is -2.30. The van der Waals surface area contributed by atoms with Crippen molar-refractivity contribution in [3.05, 3.63) is 97.2 Å². The number of unbranched alkanes of at least 4 members (excludes halogenated alkanes) is 21. The SMILES string of the molecule is CC/C=C\C/C=C\C/C=C\C/C=C\C/C=C\C/C=C\CCCCCCC(=O)OCC(COC(=O)CCCCCCC/C=C\CCCCC)OC(=O)CCCCCCC/C=C\CCCCCC. The van der Waals surface area contributed by atoms with Gasteiger partial charge >= 0.3 is 17.9 Å². The Hall–Kier alpha value is -3.67. The first kappa shape index (κ1) is 62.3. The Kier molecular flexibility index (Phi) is 50.9. The molecule has 1 atom stereocenters. The lowest BCUT2D eigenvalue weighted by molar-refractivity contribution is -0.167. The van der Waals surface area contributed by atoms with Gasteiger partial charge in [0.2, 0.25) is 0 Å². The molecule has 0 aliphatic carbocycles. The van der Waals surface area contributed by atoms with Crippen molar-refractivity contribution in [1.29, 1.82) is 0 Å². The maximum atomic E-state index is 12.8. The largest absolute Gasteiger partial charge is 0.462 e. The van der Waals surface area contributed by atoms with Crippen LogP contribution < -0.4 is 0 Å². The van der Waals surface area contributed by atoms with E-state index in [2.05, 4.69) is 118 Å². The fourth-order valence-corrected chi connectivity index (χ4v) is 7.20. The average Bonchev–Trinajstić information content (AvgIpc) is 3.31. The van der Waals surface area contributed by atoms with Crippen molar-refractivity contribution in [2.45, 2.75) is 252 Å². The van der Waals surface area contributed by atoms with Crippen LogP contribution in [-0.2, 0) is 28.6 Å². The van der Waals surface area contributed by atoms with Gasteiger partial charge in [0.15, 0.2) is 6.10 Å². The minimum Gasteiger partial charge on any atom is -0.462 e. The van der Waals surface area contributed by atoms with Crippen LogP contribution in [0.3, 0.4) is 0 Å². The molecule has 0 saturated heterocycles. The Morgan fingerprint density at radius 1 is 0.318 bits per heavy atom. The number of carbonyl (C=O) groups excluding carboxylic acids is 3. The molecule has 0 aliphatic heterocycles. The van der Waals surface area contributed by atoms with Gasteiger partial charge in [-0.15, -0.1) is 0 Å². The summed E-state index contributed by atoms with van der Waals surface area (Å²) < 4.78 is 16.8. The predicted molar refractivity (Wildman–Crippen MR) is 284 cm³/mol. The van der Waals surface area contributed by atoms with E-state index in [4.69, 9.17) is 14.2 Å². The lowest BCUT2D eigenvalue weighted by Gasteiger charge is -2.18. The van der Waals surface area contributed by atoms with Crippen LogP contribution in [0.15, 0.2) is 97.2 Å². The van der Waals surface area contributed by atoms with Crippen molar-refractivity contribution >= 4 is 17.9 Å². The summed E-state index contributed by atoms with van der Waals surface area (Å²) in [6.07, 6.45) is 71.0. The Morgan fingerprint density at radius 2 is 0.591 bits per heavy atom. The highest BCUT2D eigenvalue weighted by atomic mass is 16.6. The molecule has 6 heteroatoms. The summed E-state index contributed by atoms with van der Waals surface area (Å²) in [6.45, 7) is 6.44. The van der Waals surface area contributed by atoms with E-state index < -0.39 is 6.10 Å². The first-order valence-electron chi connectivity index (χ1n) is 27.2. The quantitative estimate of drug-likeness (QED) is 0.0262. The van der Waals surface area contributed by atoms with Crippen LogP contribution in [0.25, 0.3) is 0 Å². The minimum atomic E-state index is -0.796. The molecule has 0 aromatic heterocycles. The summed E-state index contributed by atoms with van der Waals surface area (Å²) in [5.74, 6) is -0.939. The number of allylic oxidation sites excluding steroid dienone is 16. The number of esters is 3. The van der Waals surface area contributed by atoms with Gasteiger partial charge in [-0.25, -0.2) is 0 Å². The van der Waals surface area contributed by atoms with Crippen molar-refractivity contribution in [2.75, 3.05) is 13.2 Å². The topological polar surface area (TPSA) is 78.9 Å². The molecule has 0 aromatic rings. The van der Waals surface area contributed by atoms with E-state index in [1.165, 1.54) is 77.0 Å². The van der Waals surface area contributed by atoms with Crippen LogP contribution in [0.2, 0.25) is 0 Å². The van der Waals surface area contributed by atoms with Crippen LogP contribution in [0.5, 0.6) is 0 Å². The van der Waals surface area contributed by atoms with Gasteiger partial charge in [-0.1, -0.05) is 201 Å². The first-order chi connectivity index (χ1) is 32.5.